The molecule has 2 aromatic rings. The lowest BCUT2D eigenvalue weighted by molar-refractivity contribution is -0.140. The molecule has 0 spiro atoms. The molecule has 5 nitrogen and oxygen atoms in total. The first-order valence-corrected chi connectivity index (χ1v) is 11.9. The van der Waals surface area contributed by atoms with Gasteiger partial charge in [0.1, 0.15) is 17.7 Å². The average molecular weight is 477 g/mol. The summed E-state index contributed by atoms with van der Waals surface area (Å²) in [6, 6.07) is 13.8. The van der Waals surface area contributed by atoms with Crippen LogP contribution in [0.15, 0.2) is 48.5 Å². The van der Waals surface area contributed by atoms with Gasteiger partial charge in [-0.25, -0.2) is 0 Å². The van der Waals surface area contributed by atoms with Gasteiger partial charge in [0, 0.05) is 17.6 Å². The number of rotatable bonds is 8. The highest BCUT2D eigenvalue weighted by Gasteiger charge is 2.33. The fourth-order valence-electron chi connectivity index (χ4n) is 4.17. The van der Waals surface area contributed by atoms with Crippen LogP contribution in [0.5, 0.6) is 5.75 Å². The Balaban J connectivity index is 1.92. The minimum absolute atomic E-state index is 0.110. The molecule has 0 heterocycles. The normalized spacial score (nSPS) is 19.1. The summed E-state index contributed by atoms with van der Waals surface area (Å²) >= 11 is 12.1. The van der Waals surface area contributed by atoms with Gasteiger partial charge in [0.2, 0.25) is 11.8 Å². The second kappa shape index (κ2) is 11.6. The van der Waals surface area contributed by atoms with Crippen molar-refractivity contribution in [1.29, 1.82) is 0 Å². The maximum absolute atomic E-state index is 13.5. The van der Waals surface area contributed by atoms with Gasteiger partial charge < -0.3 is 15.0 Å². The molecule has 7 heteroatoms. The molecule has 0 aliphatic heterocycles. The SMILES string of the molecule is COc1cccc(CN(C(=O)CCl)[C@@H](C(=O)NC2CCC(C)CC2)c2ccc(Cl)cc2)c1. The third kappa shape index (κ3) is 6.39. The van der Waals surface area contributed by atoms with E-state index in [1.807, 2.05) is 24.3 Å². The van der Waals surface area contributed by atoms with Gasteiger partial charge in [-0.05, 0) is 67.0 Å². The van der Waals surface area contributed by atoms with E-state index in [4.69, 9.17) is 27.9 Å². The number of amides is 2. The van der Waals surface area contributed by atoms with Gasteiger partial charge in [0.05, 0.1) is 7.11 Å². The van der Waals surface area contributed by atoms with Gasteiger partial charge in [-0.1, -0.05) is 42.8 Å². The summed E-state index contributed by atoms with van der Waals surface area (Å²) in [5, 5.41) is 3.75. The number of halogens is 2. The number of benzene rings is 2. The molecule has 32 heavy (non-hydrogen) atoms. The fourth-order valence-corrected chi connectivity index (χ4v) is 4.45. The van der Waals surface area contributed by atoms with E-state index in [9.17, 15) is 9.59 Å². The van der Waals surface area contributed by atoms with Crippen molar-refractivity contribution in [3.05, 3.63) is 64.7 Å². The summed E-state index contributed by atoms with van der Waals surface area (Å²) in [7, 11) is 1.59. The quantitative estimate of drug-likeness (QED) is 0.522. The van der Waals surface area contributed by atoms with Crippen molar-refractivity contribution < 1.29 is 14.3 Å². The zero-order valence-electron chi connectivity index (χ0n) is 18.5. The molecule has 1 atom stereocenters. The van der Waals surface area contributed by atoms with Gasteiger partial charge in [-0.15, -0.1) is 11.6 Å². The Morgan fingerprint density at radius 1 is 1.12 bits per heavy atom. The molecule has 1 aliphatic carbocycles. The smallest absolute Gasteiger partial charge is 0.247 e. The van der Waals surface area contributed by atoms with E-state index in [0.29, 0.717) is 22.3 Å². The van der Waals surface area contributed by atoms with E-state index in [1.54, 1.807) is 31.4 Å². The first-order chi connectivity index (χ1) is 15.4. The van der Waals surface area contributed by atoms with Crippen molar-refractivity contribution in [2.24, 2.45) is 5.92 Å². The standard InChI is InChI=1S/C25H30Cl2N2O3/c1-17-6-12-21(13-7-17)28-25(31)24(19-8-10-20(27)11-9-19)29(23(30)15-26)16-18-4-3-5-22(14-18)32-2/h3-5,8-11,14,17,21,24H,6-7,12-13,15-16H2,1-2H3,(H,28,31)/t17?,21?,24-/m1/s1. The second-order valence-electron chi connectivity index (χ2n) is 8.43. The fraction of sp³-hybridized carbons (Fsp3) is 0.440. The van der Waals surface area contributed by atoms with Crippen LogP contribution in [0.3, 0.4) is 0 Å². The molecule has 0 saturated heterocycles. The lowest BCUT2D eigenvalue weighted by atomic mass is 9.87. The summed E-state index contributed by atoms with van der Waals surface area (Å²) in [5.74, 6) is 0.625. The Morgan fingerprint density at radius 2 is 1.81 bits per heavy atom. The molecule has 2 aromatic carbocycles. The Bertz CT molecular complexity index is 912. The number of alkyl halides is 1. The van der Waals surface area contributed by atoms with Crippen LogP contribution in [0.2, 0.25) is 5.02 Å². The third-order valence-corrected chi connectivity index (χ3v) is 6.51. The number of ether oxygens (including phenoxy) is 1. The van der Waals surface area contributed by atoms with Crippen LogP contribution in [-0.2, 0) is 16.1 Å². The van der Waals surface area contributed by atoms with E-state index in [-0.39, 0.29) is 30.3 Å². The summed E-state index contributed by atoms with van der Waals surface area (Å²) < 4.78 is 5.31. The van der Waals surface area contributed by atoms with E-state index >= 15 is 0 Å². The summed E-state index contributed by atoms with van der Waals surface area (Å²) in [6.45, 7) is 2.47. The number of carbonyl (C=O) groups excluding carboxylic acids is 2. The van der Waals surface area contributed by atoms with Crippen molar-refractivity contribution in [3.63, 3.8) is 0 Å². The molecular weight excluding hydrogens is 447 g/mol. The molecule has 3 rings (SSSR count). The molecule has 1 fully saturated rings. The number of nitrogens with zero attached hydrogens (tertiary/aromatic N) is 1. The number of hydrogen-bond donors (Lipinski definition) is 1. The van der Waals surface area contributed by atoms with Crippen LogP contribution in [0.25, 0.3) is 0 Å². The lowest BCUT2D eigenvalue weighted by Gasteiger charge is -2.34. The molecule has 0 aromatic heterocycles. The summed E-state index contributed by atoms with van der Waals surface area (Å²) in [6.07, 6.45) is 4.06. The molecule has 172 valence electrons. The first-order valence-electron chi connectivity index (χ1n) is 11.0. The van der Waals surface area contributed by atoms with Gasteiger partial charge in [0.15, 0.2) is 0 Å². The highest BCUT2D eigenvalue weighted by Crippen LogP contribution is 2.28. The van der Waals surface area contributed by atoms with Gasteiger partial charge >= 0.3 is 0 Å². The van der Waals surface area contributed by atoms with Gasteiger partial charge in [-0.2, -0.15) is 0 Å². The molecule has 0 bridgehead atoms. The van der Waals surface area contributed by atoms with Crippen LogP contribution in [0, 0.1) is 5.92 Å². The van der Waals surface area contributed by atoms with E-state index in [0.717, 1.165) is 31.2 Å². The van der Waals surface area contributed by atoms with E-state index in [2.05, 4.69) is 12.2 Å². The van der Waals surface area contributed by atoms with E-state index < -0.39 is 6.04 Å². The minimum atomic E-state index is -0.816. The Hall–Kier alpha value is -2.24. The zero-order valence-corrected chi connectivity index (χ0v) is 20.0. The predicted molar refractivity (Wildman–Crippen MR) is 128 cm³/mol. The van der Waals surface area contributed by atoms with Crippen molar-refractivity contribution >= 4 is 35.0 Å². The summed E-state index contributed by atoms with van der Waals surface area (Å²) in [4.78, 5) is 28.0. The lowest BCUT2D eigenvalue weighted by Crippen LogP contribution is -2.47. The van der Waals surface area contributed by atoms with Crippen molar-refractivity contribution in [2.75, 3.05) is 13.0 Å². The molecule has 1 aliphatic rings. The minimum Gasteiger partial charge on any atom is -0.497 e. The highest BCUT2D eigenvalue weighted by molar-refractivity contribution is 6.30. The third-order valence-electron chi connectivity index (χ3n) is 6.03. The van der Waals surface area contributed by atoms with Gasteiger partial charge in [0.25, 0.3) is 0 Å². The molecule has 0 unspecified atom stereocenters. The number of hydrogen-bond acceptors (Lipinski definition) is 3. The molecule has 1 N–H and O–H groups in total. The van der Waals surface area contributed by atoms with Crippen molar-refractivity contribution in [2.45, 2.75) is 51.2 Å². The van der Waals surface area contributed by atoms with Crippen molar-refractivity contribution in [3.8, 4) is 5.75 Å². The molecular formula is C25H30Cl2N2O3. The van der Waals surface area contributed by atoms with Crippen molar-refractivity contribution in [1.82, 2.24) is 10.2 Å². The Labute approximate surface area is 200 Å². The number of methoxy groups -OCH3 is 1. The highest BCUT2D eigenvalue weighted by atomic mass is 35.5. The summed E-state index contributed by atoms with van der Waals surface area (Å²) in [5.41, 5.74) is 1.54. The zero-order chi connectivity index (χ0) is 23.1. The average Bonchev–Trinajstić information content (AvgIpc) is 2.81. The van der Waals surface area contributed by atoms with Crippen LogP contribution in [-0.4, -0.2) is 35.7 Å². The number of nitrogens with one attached hydrogen (secondary N) is 1. The molecule has 2 amide bonds. The van der Waals surface area contributed by atoms with Crippen LogP contribution in [0.1, 0.15) is 49.8 Å². The van der Waals surface area contributed by atoms with Crippen LogP contribution in [0.4, 0.5) is 0 Å². The first kappa shape index (κ1) is 24.4. The van der Waals surface area contributed by atoms with Gasteiger partial charge in [-0.3, -0.25) is 9.59 Å². The number of carbonyl (C=O) groups is 2. The predicted octanol–water partition coefficient (Wildman–Crippen LogP) is 5.35. The van der Waals surface area contributed by atoms with Crippen LogP contribution >= 0.6 is 23.2 Å². The monoisotopic (exact) mass is 476 g/mol. The maximum atomic E-state index is 13.5. The second-order valence-corrected chi connectivity index (χ2v) is 9.13. The molecule has 1 saturated carbocycles. The molecule has 0 radical (unpaired) electrons. The van der Waals surface area contributed by atoms with Crippen LogP contribution < -0.4 is 10.1 Å². The Kier molecular flexibility index (Phi) is 8.83. The Morgan fingerprint density at radius 3 is 2.44 bits per heavy atom. The maximum Gasteiger partial charge on any atom is 0.247 e. The topological polar surface area (TPSA) is 58.6 Å². The largest absolute Gasteiger partial charge is 0.497 e. The van der Waals surface area contributed by atoms with E-state index in [1.165, 1.54) is 4.90 Å².